The summed E-state index contributed by atoms with van der Waals surface area (Å²) in [5, 5.41) is 11.8. The Morgan fingerprint density at radius 3 is 2.00 bits per heavy atom. The lowest BCUT2D eigenvalue weighted by Gasteiger charge is -2.41. The van der Waals surface area contributed by atoms with Gasteiger partial charge in [-0.15, -0.1) is 12.6 Å². The standard InChI is InChI=1S/C7H7NOS2.C6H12N2/c9-6-3-1-2-5(4-6)8-7(10)11;1-2-8-5-3-7(1)4-6-8/h1-4,9H,(H2,8,10,11);1-6H2. The zero-order valence-corrected chi connectivity index (χ0v) is 12.5. The molecule has 3 saturated heterocycles. The van der Waals surface area contributed by atoms with E-state index in [1.807, 2.05) is 0 Å². The number of hydrogen-bond donors (Lipinski definition) is 3. The molecule has 3 fully saturated rings. The average Bonchev–Trinajstić information content (AvgIpc) is 2.41. The summed E-state index contributed by atoms with van der Waals surface area (Å²) in [6, 6.07) is 6.68. The maximum Gasteiger partial charge on any atom is 0.135 e. The van der Waals surface area contributed by atoms with Crippen molar-refractivity contribution in [3.05, 3.63) is 24.3 Å². The van der Waals surface area contributed by atoms with E-state index in [-0.39, 0.29) is 5.75 Å². The number of hydrogen-bond acceptors (Lipinski definition) is 4. The number of phenols is 1. The summed E-state index contributed by atoms with van der Waals surface area (Å²) in [5.41, 5.74) is 0.741. The minimum absolute atomic E-state index is 0.208. The van der Waals surface area contributed by atoms with E-state index in [1.54, 1.807) is 24.3 Å². The molecule has 104 valence electrons. The maximum absolute atomic E-state index is 9.02. The van der Waals surface area contributed by atoms with Crippen LogP contribution in [0.2, 0.25) is 0 Å². The number of piperazine rings is 3. The largest absolute Gasteiger partial charge is 0.508 e. The summed E-state index contributed by atoms with van der Waals surface area (Å²) in [6.45, 7) is 7.92. The molecule has 1 aromatic carbocycles. The SMILES string of the molecule is C1CN2CCN1CC2.Oc1cccc(NC(=S)S)c1. The van der Waals surface area contributed by atoms with Gasteiger partial charge in [-0.2, -0.15) is 0 Å². The van der Waals surface area contributed by atoms with E-state index < -0.39 is 0 Å². The molecule has 2 bridgehead atoms. The van der Waals surface area contributed by atoms with Gasteiger partial charge in [-0.3, -0.25) is 9.80 Å². The lowest BCUT2D eigenvalue weighted by atomic mass is 10.2. The van der Waals surface area contributed by atoms with Gasteiger partial charge in [-0.05, 0) is 12.1 Å². The zero-order valence-electron chi connectivity index (χ0n) is 10.7. The van der Waals surface area contributed by atoms with Crippen molar-refractivity contribution >= 4 is 34.9 Å². The number of nitrogens with one attached hydrogen (secondary N) is 1. The second-order valence-corrected chi connectivity index (χ2v) is 5.82. The fourth-order valence-electron chi connectivity index (χ4n) is 2.23. The van der Waals surface area contributed by atoms with Gasteiger partial charge in [0.25, 0.3) is 0 Å². The number of fused-ring (bicyclic) bond motifs is 3. The molecule has 4 rings (SSSR count). The van der Waals surface area contributed by atoms with Gasteiger partial charge in [-0.25, -0.2) is 0 Å². The summed E-state index contributed by atoms with van der Waals surface area (Å²) in [7, 11) is 0. The van der Waals surface area contributed by atoms with E-state index in [1.165, 1.54) is 39.3 Å². The predicted octanol–water partition coefficient (Wildman–Crippen LogP) is 1.64. The molecule has 0 aromatic heterocycles. The molecule has 2 N–H and O–H groups in total. The Labute approximate surface area is 124 Å². The Bertz CT molecular complexity index is 411. The van der Waals surface area contributed by atoms with Crippen LogP contribution in [0.1, 0.15) is 0 Å². The summed E-state index contributed by atoms with van der Waals surface area (Å²) >= 11 is 8.57. The Morgan fingerprint density at radius 2 is 1.63 bits per heavy atom. The molecule has 6 heteroatoms. The first-order valence-corrected chi connectivity index (χ1v) is 7.23. The highest BCUT2D eigenvalue weighted by Gasteiger charge is 2.21. The number of phenolic OH excluding ortho intramolecular Hbond substituents is 1. The van der Waals surface area contributed by atoms with E-state index in [4.69, 9.17) is 17.3 Å². The van der Waals surface area contributed by atoms with Gasteiger partial charge < -0.3 is 10.4 Å². The van der Waals surface area contributed by atoms with Crippen LogP contribution < -0.4 is 5.32 Å². The highest BCUT2D eigenvalue weighted by Crippen LogP contribution is 2.15. The van der Waals surface area contributed by atoms with E-state index in [0.717, 1.165) is 5.69 Å². The van der Waals surface area contributed by atoms with Crippen LogP contribution in [0.15, 0.2) is 24.3 Å². The molecular formula is C13H19N3OS2. The van der Waals surface area contributed by atoms with Crippen LogP contribution in [0, 0.1) is 0 Å². The molecule has 3 aliphatic heterocycles. The number of thiol groups is 1. The first-order chi connectivity index (χ1) is 9.13. The average molecular weight is 297 g/mol. The molecule has 4 nitrogen and oxygen atoms in total. The van der Waals surface area contributed by atoms with Gasteiger partial charge in [0.1, 0.15) is 10.1 Å². The lowest BCUT2D eigenvalue weighted by molar-refractivity contribution is 0.0647. The minimum Gasteiger partial charge on any atom is -0.508 e. The monoisotopic (exact) mass is 297 g/mol. The topological polar surface area (TPSA) is 38.7 Å². The first-order valence-electron chi connectivity index (χ1n) is 6.37. The quantitative estimate of drug-likeness (QED) is 0.543. The zero-order chi connectivity index (χ0) is 13.7. The summed E-state index contributed by atoms with van der Waals surface area (Å²) < 4.78 is 0.385. The molecule has 19 heavy (non-hydrogen) atoms. The normalized spacial score (nSPS) is 24.3. The Hall–Kier alpha value is -0.820. The lowest BCUT2D eigenvalue weighted by Crippen LogP contribution is -2.55. The predicted molar refractivity (Wildman–Crippen MR) is 86.2 cm³/mol. The van der Waals surface area contributed by atoms with Crippen molar-refractivity contribution in [1.82, 2.24) is 9.80 Å². The molecule has 0 radical (unpaired) electrons. The Kier molecular flexibility index (Phi) is 5.45. The van der Waals surface area contributed by atoms with Crippen LogP contribution in [-0.2, 0) is 0 Å². The maximum atomic E-state index is 9.02. The molecule has 3 aliphatic rings. The van der Waals surface area contributed by atoms with Gasteiger partial charge in [0.15, 0.2) is 0 Å². The van der Waals surface area contributed by atoms with Crippen molar-refractivity contribution in [1.29, 1.82) is 0 Å². The van der Waals surface area contributed by atoms with Crippen LogP contribution in [-0.4, -0.2) is 58.5 Å². The van der Waals surface area contributed by atoms with Crippen molar-refractivity contribution in [3.63, 3.8) is 0 Å². The second kappa shape index (κ2) is 7.09. The van der Waals surface area contributed by atoms with Crippen molar-refractivity contribution in [2.45, 2.75) is 0 Å². The number of anilines is 1. The smallest absolute Gasteiger partial charge is 0.135 e. The molecule has 0 atom stereocenters. The molecule has 1 aromatic rings. The highest BCUT2D eigenvalue weighted by molar-refractivity contribution is 8.11. The minimum atomic E-state index is 0.208. The van der Waals surface area contributed by atoms with Crippen molar-refractivity contribution < 1.29 is 5.11 Å². The van der Waals surface area contributed by atoms with E-state index in [9.17, 15) is 0 Å². The number of thiocarbonyl (C=S) groups is 1. The summed E-state index contributed by atoms with van der Waals surface area (Å²) in [4.78, 5) is 5.08. The van der Waals surface area contributed by atoms with Gasteiger partial charge in [0.2, 0.25) is 0 Å². The Balaban J connectivity index is 0.000000146. The van der Waals surface area contributed by atoms with E-state index >= 15 is 0 Å². The third kappa shape index (κ3) is 4.99. The number of aromatic hydroxyl groups is 1. The molecule has 3 heterocycles. The third-order valence-electron chi connectivity index (χ3n) is 3.29. The fourth-order valence-corrected chi connectivity index (χ4v) is 2.47. The van der Waals surface area contributed by atoms with Crippen LogP contribution >= 0.6 is 24.8 Å². The molecular weight excluding hydrogens is 278 g/mol. The fraction of sp³-hybridized carbons (Fsp3) is 0.462. The van der Waals surface area contributed by atoms with Crippen LogP contribution in [0.3, 0.4) is 0 Å². The summed E-state index contributed by atoms with van der Waals surface area (Å²) in [5.74, 6) is 0.208. The van der Waals surface area contributed by atoms with Gasteiger partial charge >= 0.3 is 0 Å². The molecule has 0 spiro atoms. The van der Waals surface area contributed by atoms with Gasteiger partial charge in [-0.1, -0.05) is 18.3 Å². The number of rotatable bonds is 1. The second-order valence-electron chi connectivity index (χ2n) is 4.66. The number of nitrogens with zero attached hydrogens (tertiary/aromatic N) is 2. The number of benzene rings is 1. The van der Waals surface area contributed by atoms with Gasteiger partial charge in [0.05, 0.1) is 0 Å². The molecule has 0 amide bonds. The van der Waals surface area contributed by atoms with Crippen molar-refractivity contribution in [2.75, 3.05) is 44.6 Å². The van der Waals surface area contributed by atoms with Crippen LogP contribution in [0.25, 0.3) is 0 Å². The molecule has 0 aliphatic carbocycles. The van der Waals surface area contributed by atoms with Crippen molar-refractivity contribution in [2.24, 2.45) is 0 Å². The van der Waals surface area contributed by atoms with Crippen LogP contribution in [0.4, 0.5) is 5.69 Å². The van der Waals surface area contributed by atoms with Gasteiger partial charge in [0, 0.05) is 51.0 Å². The first kappa shape index (κ1) is 14.6. The van der Waals surface area contributed by atoms with Crippen molar-refractivity contribution in [3.8, 4) is 5.75 Å². The highest BCUT2D eigenvalue weighted by atomic mass is 32.1. The van der Waals surface area contributed by atoms with E-state index in [2.05, 4.69) is 27.7 Å². The Morgan fingerprint density at radius 1 is 1.11 bits per heavy atom. The summed E-state index contributed by atoms with van der Waals surface area (Å²) in [6.07, 6.45) is 0. The van der Waals surface area contributed by atoms with Crippen LogP contribution in [0.5, 0.6) is 5.75 Å². The molecule has 0 unspecified atom stereocenters. The van der Waals surface area contributed by atoms with E-state index in [0.29, 0.717) is 4.32 Å². The third-order valence-corrected chi connectivity index (χ3v) is 3.51. The molecule has 0 saturated carbocycles.